The van der Waals surface area contributed by atoms with Gasteiger partial charge in [0.15, 0.2) is 0 Å². The van der Waals surface area contributed by atoms with Crippen LogP contribution < -0.4 is 11.1 Å². The zero-order valence-electron chi connectivity index (χ0n) is 10.9. The molecule has 3 nitrogen and oxygen atoms in total. The predicted molar refractivity (Wildman–Crippen MR) is 67.1 cm³/mol. The Morgan fingerprint density at radius 1 is 1.56 bits per heavy atom. The van der Waals surface area contributed by atoms with Crippen LogP contribution in [-0.2, 0) is 4.79 Å². The van der Waals surface area contributed by atoms with Gasteiger partial charge in [-0.3, -0.25) is 4.79 Å². The molecule has 0 spiro atoms. The summed E-state index contributed by atoms with van der Waals surface area (Å²) in [6, 6.07) is 0.0267. The topological polar surface area (TPSA) is 55.1 Å². The van der Waals surface area contributed by atoms with Gasteiger partial charge in [-0.05, 0) is 31.1 Å². The van der Waals surface area contributed by atoms with E-state index in [2.05, 4.69) is 26.1 Å². The van der Waals surface area contributed by atoms with Crippen LogP contribution in [0.25, 0.3) is 0 Å². The van der Waals surface area contributed by atoms with Crippen molar-refractivity contribution in [1.82, 2.24) is 5.32 Å². The second-order valence-corrected chi connectivity index (χ2v) is 5.86. The molecule has 3 heteroatoms. The fourth-order valence-corrected chi connectivity index (χ4v) is 2.42. The highest BCUT2D eigenvalue weighted by atomic mass is 16.2. The fraction of sp³-hybridized carbons (Fsp3) is 0.923. The Morgan fingerprint density at radius 3 is 2.75 bits per heavy atom. The molecular weight excluding hydrogens is 200 g/mol. The number of carbonyl (C=O) groups is 1. The van der Waals surface area contributed by atoms with E-state index in [-0.39, 0.29) is 11.9 Å². The number of amides is 1. The minimum atomic E-state index is -0.316. The van der Waals surface area contributed by atoms with Gasteiger partial charge in [0, 0.05) is 6.04 Å². The number of unbranched alkanes of at least 4 members (excludes halogenated alkanes) is 1. The molecule has 0 heterocycles. The molecule has 1 rings (SSSR count). The molecule has 1 aliphatic rings. The summed E-state index contributed by atoms with van der Waals surface area (Å²) in [5.74, 6) is 0.0381. The molecule has 1 unspecified atom stereocenters. The summed E-state index contributed by atoms with van der Waals surface area (Å²) in [6.07, 6.45) is 6.31. The molecule has 0 aliphatic heterocycles. The van der Waals surface area contributed by atoms with E-state index in [1.54, 1.807) is 0 Å². The van der Waals surface area contributed by atoms with Crippen LogP contribution in [0.4, 0.5) is 0 Å². The third-order valence-electron chi connectivity index (χ3n) is 3.52. The standard InChI is InChI=1S/C13H26N2O/c1-4-5-6-11(14)12(16)15-10-7-8-13(2,3)9-10/h10-11H,4-9,14H2,1-3H3,(H,15,16)/t10?,11-/m0/s1. The Morgan fingerprint density at radius 2 is 2.25 bits per heavy atom. The van der Waals surface area contributed by atoms with Crippen molar-refractivity contribution < 1.29 is 4.79 Å². The lowest BCUT2D eigenvalue weighted by molar-refractivity contribution is -0.123. The van der Waals surface area contributed by atoms with Crippen molar-refractivity contribution in [3.8, 4) is 0 Å². The Hall–Kier alpha value is -0.570. The quantitative estimate of drug-likeness (QED) is 0.755. The molecule has 94 valence electrons. The summed E-state index contributed by atoms with van der Waals surface area (Å²) in [7, 11) is 0. The monoisotopic (exact) mass is 226 g/mol. The Balaban J connectivity index is 2.29. The molecule has 0 saturated heterocycles. The maximum Gasteiger partial charge on any atom is 0.237 e. The summed E-state index contributed by atoms with van der Waals surface area (Å²) >= 11 is 0. The van der Waals surface area contributed by atoms with Gasteiger partial charge in [0.25, 0.3) is 0 Å². The van der Waals surface area contributed by atoms with Crippen molar-refractivity contribution >= 4 is 5.91 Å². The lowest BCUT2D eigenvalue weighted by atomic mass is 9.92. The van der Waals surface area contributed by atoms with E-state index in [1.807, 2.05) is 0 Å². The molecule has 16 heavy (non-hydrogen) atoms. The second-order valence-electron chi connectivity index (χ2n) is 5.86. The summed E-state index contributed by atoms with van der Waals surface area (Å²) in [5.41, 5.74) is 6.22. The first-order valence-electron chi connectivity index (χ1n) is 6.50. The Kier molecular flexibility index (Phi) is 4.78. The fourth-order valence-electron chi connectivity index (χ4n) is 2.42. The minimum absolute atomic E-state index is 0.0381. The minimum Gasteiger partial charge on any atom is -0.352 e. The highest BCUT2D eigenvalue weighted by Crippen LogP contribution is 2.36. The SMILES string of the molecule is CCCC[C@H](N)C(=O)NC1CCC(C)(C)C1. The van der Waals surface area contributed by atoms with E-state index in [0.29, 0.717) is 11.5 Å². The van der Waals surface area contributed by atoms with E-state index in [0.717, 1.165) is 32.1 Å². The number of rotatable bonds is 5. The largest absolute Gasteiger partial charge is 0.352 e. The average molecular weight is 226 g/mol. The van der Waals surface area contributed by atoms with Gasteiger partial charge >= 0.3 is 0 Å². The molecule has 0 radical (unpaired) electrons. The van der Waals surface area contributed by atoms with Crippen LogP contribution in [0.5, 0.6) is 0 Å². The molecule has 0 aromatic carbocycles. The van der Waals surface area contributed by atoms with Gasteiger partial charge in [-0.15, -0.1) is 0 Å². The van der Waals surface area contributed by atoms with E-state index < -0.39 is 0 Å². The normalized spacial score (nSPS) is 25.4. The molecule has 1 fully saturated rings. The van der Waals surface area contributed by atoms with Gasteiger partial charge in [-0.2, -0.15) is 0 Å². The summed E-state index contributed by atoms with van der Waals surface area (Å²) < 4.78 is 0. The lowest BCUT2D eigenvalue weighted by Gasteiger charge is -2.19. The number of hydrogen-bond acceptors (Lipinski definition) is 2. The van der Waals surface area contributed by atoms with Gasteiger partial charge in [-0.25, -0.2) is 0 Å². The predicted octanol–water partition coefficient (Wildman–Crippen LogP) is 2.20. The second kappa shape index (κ2) is 5.67. The van der Waals surface area contributed by atoms with Crippen molar-refractivity contribution in [3.05, 3.63) is 0 Å². The first-order valence-corrected chi connectivity index (χ1v) is 6.50. The van der Waals surface area contributed by atoms with Gasteiger partial charge in [-0.1, -0.05) is 33.6 Å². The first kappa shape index (κ1) is 13.5. The van der Waals surface area contributed by atoms with Crippen molar-refractivity contribution in [1.29, 1.82) is 0 Å². The Bertz CT molecular complexity index is 238. The van der Waals surface area contributed by atoms with E-state index >= 15 is 0 Å². The highest BCUT2D eigenvalue weighted by molar-refractivity contribution is 5.81. The molecule has 1 amide bonds. The number of nitrogens with two attached hydrogens (primary N) is 1. The van der Waals surface area contributed by atoms with Crippen LogP contribution in [0.15, 0.2) is 0 Å². The number of carbonyl (C=O) groups excluding carboxylic acids is 1. The van der Waals surface area contributed by atoms with E-state index in [1.165, 1.54) is 6.42 Å². The molecule has 1 saturated carbocycles. The maximum absolute atomic E-state index is 11.8. The van der Waals surface area contributed by atoms with Gasteiger partial charge in [0.05, 0.1) is 6.04 Å². The zero-order valence-corrected chi connectivity index (χ0v) is 10.9. The molecular formula is C13H26N2O. The van der Waals surface area contributed by atoms with Gasteiger partial charge < -0.3 is 11.1 Å². The Labute approximate surface area is 99.2 Å². The van der Waals surface area contributed by atoms with Crippen molar-refractivity contribution in [2.45, 2.75) is 71.4 Å². The van der Waals surface area contributed by atoms with Gasteiger partial charge in [0.1, 0.15) is 0 Å². The van der Waals surface area contributed by atoms with Crippen LogP contribution in [0.1, 0.15) is 59.3 Å². The van der Waals surface area contributed by atoms with Crippen LogP contribution in [-0.4, -0.2) is 18.0 Å². The van der Waals surface area contributed by atoms with Crippen LogP contribution in [0.2, 0.25) is 0 Å². The molecule has 2 atom stereocenters. The first-order chi connectivity index (χ1) is 7.44. The van der Waals surface area contributed by atoms with Crippen molar-refractivity contribution in [2.24, 2.45) is 11.1 Å². The number of nitrogens with one attached hydrogen (secondary N) is 1. The van der Waals surface area contributed by atoms with Crippen LogP contribution in [0, 0.1) is 5.41 Å². The van der Waals surface area contributed by atoms with Crippen molar-refractivity contribution in [3.63, 3.8) is 0 Å². The average Bonchev–Trinajstić information content (AvgIpc) is 2.54. The third-order valence-corrected chi connectivity index (χ3v) is 3.52. The molecule has 0 bridgehead atoms. The van der Waals surface area contributed by atoms with E-state index in [4.69, 9.17) is 5.73 Å². The smallest absolute Gasteiger partial charge is 0.237 e. The number of hydrogen-bond donors (Lipinski definition) is 2. The van der Waals surface area contributed by atoms with Crippen LogP contribution >= 0.6 is 0 Å². The molecule has 3 N–H and O–H groups in total. The summed E-state index contributed by atoms with van der Waals surface area (Å²) in [4.78, 5) is 11.8. The zero-order chi connectivity index (χ0) is 12.2. The maximum atomic E-state index is 11.8. The van der Waals surface area contributed by atoms with E-state index in [9.17, 15) is 4.79 Å². The highest BCUT2D eigenvalue weighted by Gasteiger charge is 2.32. The van der Waals surface area contributed by atoms with Crippen LogP contribution in [0.3, 0.4) is 0 Å². The molecule has 0 aromatic heterocycles. The van der Waals surface area contributed by atoms with Crippen molar-refractivity contribution in [2.75, 3.05) is 0 Å². The van der Waals surface area contributed by atoms with Gasteiger partial charge in [0.2, 0.25) is 5.91 Å². The molecule has 0 aromatic rings. The summed E-state index contributed by atoms with van der Waals surface area (Å²) in [6.45, 7) is 6.64. The lowest BCUT2D eigenvalue weighted by Crippen LogP contribution is -2.44. The summed E-state index contributed by atoms with van der Waals surface area (Å²) in [5, 5.41) is 3.08. The third kappa shape index (κ3) is 4.12. The molecule has 1 aliphatic carbocycles.